The lowest BCUT2D eigenvalue weighted by Gasteiger charge is -2.21. The van der Waals surface area contributed by atoms with Crippen molar-refractivity contribution < 1.29 is 9.53 Å². The molecule has 0 aliphatic heterocycles. The van der Waals surface area contributed by atoms with E-state index in [4.69, 9.17) is 4.74 Å². The molecule has 0 fully saturated rings. The van der Waals surface area contributed by atoms with E-state index in [0.29, 0.717) is 19.6 Å². The number of carbonyl (C=O) groups excluding carboxylic acids is 1. The van der Waals surface area contributed by atoms with Crippen molar-refractivity contribution in [2.24, 2.45) is 0 Å². The smallest absolute Gasteiger partial charge is 0.317 e. The Morgan fingerprint density at radius 3 is 2.86 bits per heavy atom. The average Bonchev–Trinajstić information content (AvgIpc) is 3.03. The van der Waals surface area contributed by atoms with Crippen LogP contribution in [0.25, 0.3) is 0 Å². The zero-order valence-electron chi connectivity index (χ0n) is 12.6. The topological polar surface area (TPSA) is 41.6 Å². The van der Waals surface area contributed by atoms with Crippen LogP contribution in [0, 0.1) is 0 Å². The zero-order valence-corrected chi connectivity index (χ0v) is 15.0. The van der Waals surface area contributed by atoms with E-state index in [2.05, 4.69) is 21.2 Å². The molecule has 2 aromatic rings. The molecule has 0 saturated heterocycles. The minimum Gasteiger partial charge on any atom is -0.496 e. The lowest BCUT2D eigenvalue weighted by Crippen LogP contribution is -2.38. The van der Waals surface area contributed by atoms with Gasteiger partial charge in [0.2, 0.25) is 0 Å². The molecule has 1 aromatic carbocycles. The molecular weight excluding hydrogens is 364 g/mol. The van der Waals surface area contributed by atoms with Crippen LogP contribution < -0.4 is 10.1 Å². The zero-order chi connectivity index (χ0) is 15.9. The third-order valence-corrected chi connectivity index (χ3v) is 4.62. The molecule has 2 rings (SSSR count). The van der Waals surface area contributed by atoms with Crippen molar-refractivity contribution in [1.82, 2.24) is 10.2 Å². The second-order valence-corrected chi connectivity index (χ2v) is 6.66. The highest BCUT2D eigenvalue weighted by Gasteiger charge is 2.13. The van der Waals surface area contributed by atoms with Gasteiger partial charge in [0.1, 0.15) is 5.75 Å². The Morgan fingerprint density at radius 1 is 1.41 bits per heavy atom. The first-order valence-corrected chi connectivity index (χ1v) is 8.69. The number of urea groups is 1. The Hall–Kier alpha value is -1.53. The highest BCUT2D eigenvalue weighted by atomic mass is 79.9. The maximum atomic E-state index is 12.3. The first-order valence-electron chi connectivity index (χ1n) is 7.01. The number of ether oxygens (including phenoxy) is 1. The van der Waals surface area contributed by atoms with E-state index in [0.717, 1.165) is 15.8 Å². The van der Waals surface area contributed by atoms with E-state index in [1.807, 2.05) is 42.6 Å². The average molecular weight is 383 g/mol. The lowest BCUT2D eigenvalue weighted by molar-refractivity contribution is 0.198. The lowest BCUT2D eigenvalue weighted by atomic mass is 10.2. The van der Waals surface area contributed by atoms with Gasteiger partial charge < -0.3 is 15.0 Å². The van der Waals surface area contributed by atoms with E-state index in [1.165, 1.54) is 4.88 Å². The number of benzene rings is 1. The van der Waals surface area contributed by atoms with E-state index in [-0.39, 0.29) is 6.03 Å². The van der Waals surface area contributed by atoms with Crippen LogP contribution >= 0.6 is 27.3 Å². The van der Waals surface area contributed by atoms with Crippen molar-refractivity contribution in [2.75, 3.05) is 13.7 Å². The van der Waals surface area contributed by atoms with Gasteiger partial charge in [0.25, 0.3) is 0 Å². The second-order valence-electron chi connectivity index (χ2n) is 4.71. The Balaban J connectivity index is 1.97. The van der Waals surface area contributed by atoms with Crippen molar-refractivity contribution in [2.45, 2.75) is 20.0 Å². The summed E-state index contributed by atoms with van der Waals surface area (Å²) in [7, 11) is 1.63. The molecule has 0 bridgehead atoms. The number of halogens is 1. The van der Waals surface area contributed by atoms with Gasteiger partial charge in [0.15, 0.2) is 0 Å². The Bertz CT molecular complexity index is 617. The molecule has 118 valence electrons. The van der Waals surface area contributed by atoms with Crippen LogP contribution in [0.15, 0.2) is 40.2 Å². The van der Waals surface area contributed by atoms with Gasteiger partial charge in [0, 0.05) is 28.0 Å². The van der Waals surface area contributed by atoms with Gasteiger partial charge in [-0.3, -0.25) is 0 Å². The number of methoxy groups -OCH3 is 1. The van der Waals surface area contributed by atoms with E-state index in [1.54, 1.807) is 23.3 Å². The third-order valence-electron chi connectivity index (χ3n) is 3.27. The van der Waals surface area contributed by atoms with Gasteiger partial charge in [-0.05, 0) is 36.6 Å². The molecule has 0 aliphatic rings. The molecule has 0 aliphatic carbocycles. The summed E-state index contributed by atoms with van der Waals surface area (Å²) in [5, 5.41) is 4.98. The van der Waals surface area contributed by atoms with Crippen LogP contribution in [0.5, 0.6) is 5.75 Å². The molecule has 2 amide bonds. The fraction of sp³-hybridized carbons (Fsp3) is 0.312. The van der Waals surface area contributed by atoms with Crippen molar-refractivity contribution in [3.8, 4) is 5.75 Å². The van der Waals surface area contributed by atoms with Gasteiger partial charge in [-0.1, -0.05) is 22.0 Å². The maximum absolute atomic E-state index is 12.3. The molecule has 6 heteroatoms. The molecule has 0 radical (unpaired) electrons. The molecular formula is C16H19BrN2O2S. The molecule has 0 saturated carbocycles. The number of nitrogens with zero attached hydrogens (tertiary/aromatic N) is 1. The second kappa shape index (κ2) is 8.19. The quantitative estimate of drug-likeness (QED) is 0.810. The molecule has 1 N–H and O–H groups in total. The molecule has 22 heavy (non-hydrogen) atoms. The van der Waals surface area contributed by atoms with Crippen LogP contribution in [-0.2, 0) is 13.1 Å². The molecule has 4 nitrogen and oxygen atoms in total. The first-order chi connectivity index (χ1) is 10.6. The van der Waals surface area contributed by atoms with Crippen molar-refractivity contribution >= 4 is 33.3 Å². The van der Waals surface area contributed by atoms with Gasteiger partial charge in [-0.2, -0.15) is 0 Å². The van der Waals surface area contributed by atoms with Gasteiger partial charge in [0.05, 0.1) is 13.7 Å². The highest BCUT2D eigenvalue weighted by molar-refractivity contribution is 9.10. The van der Waals surface area contributed by atoms with Crippen LogP contribution in [0.4, 0.5) is 4.79 Å². The number of nitrogens with one attached hydrogen (secondary N) is 1. The largest absolute Gasteiger partial charge is 0.496 e. The third kappa shape index (κ3) is 4.48. The maximum Gasteiger partial charge on any atom is 0.317 e. The summed E-state index contributed by atoms with van der Waals surface area (Å²) in [6.07, 6.45) is 0. The van der Waals surface area contributed by atoms with E-state index in [9.17, 15) is 4.79 Å². The number of hydrogen-bond donors (Lipinski definition) is 1. The summed E-state index contributed by atoms with van der Waals surface area (Å²) in [5.41, 5.74) is 0.942. The van der Waals surface area contributed by atoms with Crippen molar-refractivity contribution in [3.05, 3.63) is 50.6 Å². The van der Waals surface area contributed by atoms with E-state index < -0.39 is 0 Å². The molecule has 1 aromatic heterocycles. The van der Waals surface area contributed by atoms with Gasteiger partial charge in [-0.15, -0.1) is 11.3 Å². The molecule has 0 spiro atoms. The van der Waals surface area contributed by atoms with E-state index >= 15 is 0 Å². The molecule has 0 atom stereocenters. The summed E-state index contributed by atoms with van der Waals surface area (Å²) in [5.74, 6) is 0.768. The van der Waals surface area contributed by atoms with Crippen LogP contribution in [-0.4, -0.2) is 24.6 Å². The Morgan fingerprint density at radius 2 is 2.23 bits per heavy atom. The molecule has 0 unspecified atom stereocenters. The fourth-order valence-electron chi connectivity index (χ4n) is 2.09. The normalized spacial score (nSPS) is 10.3. The Kier molecular flexibility index (Phi) is 6.27. The van der Waals surface area contributed by atoms with Gasteiger partial charge >= 0.3 is 6.03 Å². The summed E-state index contributed by atoms with van der Waals surface area (Å²) in [6.45, 7) is 3.71. The summed E-state index contributed by atoms with van der Waals surface area (Å²) in [6, 6.07) is 9.72. The first kappa shape index (κ1) is 16.8. The number of thiophene rings is 1. The van der Waals surface area contributed by atoms with Crippen LogP contribution in [0.1, 0.15) is 17.4 Å². The van der Waals surface area contributed by atoms with Crippen molar-refractivity contribution in [3.63, 3.8) is 0 Å². The number of amides is 2. The fourth-order valence-corrected chi connectivity index (χ4v) is 3.21. The summed E-state index contributed by atoms with van der Waals surface area (Å²) < 4.78 is 6.28. The van der Waals surface area contributed by atoms with Crippen molar-refractivity contribution in [1.29, 1.82) is 0 Å². The summed E-state index contributed by atoms with van der Waals surface area (Å²) in [4.78, 5) is 15.3. The standard InChI is InChI=1S/C16H19BrN2O2S/c1-3-19(11-14-5-4-8-22-14)16(20)18-10-12-9-13(17)6-7-15(12)21-2/h4-9H,3,10-11H2,1-2H3,(H,18,20). The van der Waals surface area contributed by atoms with Crippen LogP contribution in [0.3, 0.4) is 0 Å². The highest BCUT2D eigenvalue weighted by Crippen LogP contribution is 2.22. The monoisotopic (exact) mass is 382 g/mol. The summed E-state index contributed by atoms with van der Waals surface area (Å²) >= 11 is 5.10. The minimum absolute atomic E-state index is 0.0714. The SMILES string of the molecule is CCN(Cc1cccs1)C(=O)NCc1cc(Br)ccc1OC. The predicted octanol–water partition coefficient (Wildman–Crippen LogP) is 4.25. The number of rotatable bonds is 6. The Labute approximate surface area is 143 Å². The number of hydrogen-bond acceptors (Lipinski definition) is 3. The van der Waals surface area contributed by atoms with Gasteiger partial charge in [-0.25, -0.2) is 4.79 Å². The predicted molar refractivity (Wildman–Crippen MR) is 93.3 cm³/mol. The van der Waals surface area contributed by atoms with Crippen LogP contribution in [0.2, 0.25) is 0 Å². The molecule has 1 heterocycles. The number of carbonyl (C=O) groups is 1. The minimum atomic E-state index is -0.0714.